The second-order valence-corrected chi connectivity index (χ2v) is 36.9. The maximum absolute atomic E-state index is 13.9. The number of benzene rings is 8. The average Bonchev–Trinajstić information content (AvgIpc) is 0.790. The van der Waals surface area contributed by atoms with Gasteiger partial charge in [0.25, 0.3) is 5.56 Å². The van der Waals surface area contributed by atoms with Crippen LogP contribution < -0.4 is 17.0 Å². The van der Waals surface area contributed by atoms with Gasteiger partial charge in [0.2, 0.25) is 6.41 Å². The molecule has 1 heterocycles. The van der Waals surface area contributed by atoms with Crippen LogP contribution in [0.25, 0.3) is 17.1 Å². The lowest BCUT2D eigenvalue weighted by Crippen LogP contribution is -2.30. The van der Waals surface area contributed by atoms with E-state index in [4.69, 9.17) is 56.4 Å². The Morgan fingerprint density at radius 1 is 0.636 bits per heavy atom. The van der Waals surface area contributed by atoms with E-state index >= 15 is 0 Å². The van der Waals surface area contributed by atoms with E-state index in [1.165, 1.54) is 41.1 Å². The Labute approximate surface area is 629 Å². The number of hydrogen-bond acceptors (Lipinski definition) is 10. The molecule has 0 unspecified atom stereocenters. The molecular weight excluding hydrogens is 1630 g/mol. The first-order valence-electron chi connectivity index (χ1n) is 29.5. The Hall–Kier alpha value is -6.87. The molecule has 9 aromatic rings. The zero-order chi connectivity index (χ0) is 74.5. The van der Waals surface area contributed by atoms with Crippen LogP contribution in [0, 0.1) is 62.3 Å². The van der Waals surface area contributed by atoms with Gasteiger partial charge in [-0.3, -0.25) is 14.3 Å². The highest BCUT2D eigenvalue weighted by Crippen LogP contribution is 2.28. The van der Waals surface area contributed by atoms with Crippen LogP contribution in [0.15, 0.2) is 225 Å². The molecule has 0 amide bonds. The van der Waals surface area contributed by atoms with Crippen molar-refractivity contribution in [3.63, 3.8) is 0 Å². The van der Waals surface area contributed by atoms with Gasteiger partial charge in [-0.2, -0.15) is 5.26 Å². The second-order valence-electron chi connectivity index (χ2n) is 22.0. The number of carbonyl (C=O) groups excluding carboxylic acids is 1. The fourth-order valence-corrected chi connectivity index (χ4v) is 9.47. The summed E-state index contributed by atoms with van der Waals surface area (Å²) in [7, 11) is 24.4. The molecule has 0 aliphatic heterocycles. The van der Waals surface area contributed by atoms with Gasteiger partial charge in [-0.05, 0) is 165 Å². The summed E-state index contributed by atoms with van der Waals surface area (Å²) in [5.74, 6) is 1.98. The van der Waals surface area contributed by atoms with E-state index in [0.29, 0.717) is 68.1 Å². The molecule has 14 nitrogen and oxygen atoms in total. The van der Waals surface area contributed by atoms with E-state index < -0.39 is 19.5 Å². The first-order valence-corrected chi connectivity index (χ1v) is 41.4. The summed E-state index contributed by atoms with van der Waals surface area (Å²) in [5, 5.41) is 8.44. The van der Waals surface area contributed by atoms with E-state index in [-0.39, 0.29) is 35.2 Å². The summed E-state index contributed by atoms with van der Waals surface area (Å²) in [4.78, 5) is 43.0. The molecule has 522 valence electrons. The van der Waals surface area contributed by atoms with E-state index in [9.17, 15) is 27.2 Å². The summed E-state index contributed by atoms with van der Waals surface area (Å²) in [6.45, 7) is 13.1. The highest BCUT2D eigenvalue weighted by Gasteiger charge is 2.15. The third kappa shape index (κ3) is 33.9. The normalized spacial score (nSPS) is 10.7. The van der Waals surface area contributed by atoms with Crippen LogP contribution in [0.5, 0.6) is 0 Å². The van der Waals surface area contributed by atoms with Crippen molar-refractivity contribution >= 4 is 154 Å². The van der Waals surface area contributed by atoms with Gasteiger partial charge < -0.3 is 25.8 Å². The standard InChI is InChI=1S/C17H17BrFN3.C17H12BrFN2O.C14H12BrFN2.C7H4BrN.C7H8FN.C5H13NO2.C5H10OSi.Al.3ClH/c1-12-8-9-13(10-16(12)19)21-17(20-11-22(2)3)14-6-4-5-7-15(14)18;1-11-6-7-12(10-15(11)19)21-16(22)8-9-20-17(21)13-4-2-3-5-14(13)18;1-9-6-7-10(8-13(9)16)18-14(17)11-4-2-3-5-12(11)15;8-7-4-2-1-3-6(7)5-9;1-5-2-3-6(9)4-7(5)8;1-6(2)5(7-3)8-4;1-7(2,3)5-4-6;;;;/h4-11H,1-3H3;2-10H,1H3;2-8H,1H3,(H2,17,18);1-4H;2-4H,9H2,1H3;5H,1-4H3;5H,1-3H3;;3*1H/q;;;;;;;+3;;;/p-3. The minimum Gasteiger partial charge on any atom is -0.399 e. The Morgan fingerprint density at radius 2 is 1.08 bits per heavy atom. The van der Waals surface area contributed by atoms with Crippen molar-refractivity contribution < 1.29 is 31.8 Å². The number of aliphatic imine (C=N–C) groups is 3. The van der Waals surface area contributed by atoms with Crippen molar-refractivity contribution in [3.05, 3.63) is 278 Å². The first kappa shape index (κ1) is 88.2. The molecule has 27 heteroatoms. The number of rotatable bonds is 11. The minimum absolute atomic E-state index is 0.213. The zero-order valence-corrected chi connectivity index (χ0v) is 67.4. The smallest absolute Gasteiger partial charge is 0.399 e. The number of halogens is 11. The van der Waals surface area contributed by atoms with Crippen molar-refractivity contribution in [2.75, 3.05) is 48.1 Å². The molecule has 0 saturated heterocycles. The van der Waals surface area contributed by atoms with Crippen molar-refractivity contribution in [1.29, 1.82) is 5.26 Å². The molecule has 0 aliphatic carbocycles. The Morgan fingerprint density at radius 3 is 1.47 bits per heavy atom. The van der Waals surface area contributed by atoms with Gasteiger partial charge in [-0.1, -0.05) is 158 Å². The molecule has 1 aromatic heterocycles. The number of hydrogen-bond donors (Lipinski definition) is 2. The zero-order valence-electron chi connectivity index (χ0n) is 56.7. The van der Waals surface area contributed by atoms with Crippen molar-refractivity contribution in [1.82, 2.24) is 19.4 Å². The Bertz CT molecular complexity index is 4290. The monoisotopic (exact) mass is 1700 g/mol. The van der Waals surface area contributed by atoms with E-state index in [1.807, 2.05) is 135 Å². The van der Waals surface area contributed by atoms with Gasteiger partial charge in [0, 0.05) is 80.8 Å². The Kier molecular flexibility index (Phi) is 41.5. The minimum atomic E-state index is -1.72. The molecule has 0 fully saturated rings. The molecule has 99 heavy (non-hydrogen) atoms. The number of amidine groups is 2. The predicted molar refractivity (Wildman–Crippen MR) is 420 cm³/mol. The van der Waals surface area contributed by atoms with Crippen LogP contribution in [0.4, 0.5) is 34.6 Å². The number of nitrogen functional groups attached to an aromatic ring is 1. The van der Waals surface area contributed by atoms with E-state index in [2.05, 4.69) is 103 Å². The van der Waals surface area contributed by atoms with E-state index in [0.717, 1.165) is 34.6 Å². The maximum atomic E-state index is 13.9. The maximum Gasteiger partial charge on any atom is 0.643 e. The number of aromatic nitrogens is 2. The molecule has 0 saturated carbocycles. The number of aryl methyl sites for hydroxylation is 4. The number of nitrogens with two attached hydrogens (primary N) is 2. The number of nitriles is 1. The van der Waals surface area contributed by atoms with Gasteiger partial charge in [0.15, 0.2) is 5.84 Å². The van der Waals surface area contributed by atoms with Crippen LogP contribution in [-0.4, -0.2) is 112 Å². The lowest BCUT2D eigenvalue weighted by Gasteiger charge is -2.19. The first-order chi connectivity index (χ1) is 46.7. The van der Waals surface area contributed by atoms with Crippen molar-refractivity contribution in [2.24, 2.45) is 20.7 Å². The summed E-state index contributed by atoms with van der Waals surface area (Å²) >= 11 is 11.9. The van der Waals surface area contributed by atoms with Crippen LogP contribution in [-0.2, 0) is 14.3 Å². The van der Waals surface area contributed by atoms with Crippen LogP contribution in [0.2, 0.25) is 19.6 Å². The number of anilines is 1. The quantitative estimate of drug-likeness (QED) is 0.0240. The fourth-order valence-electron chi connectivity index (χ4n) is 7.33. The number of methoxy groups -OCH3 is 2. The molecule has 8 aromatic carbocycles. The summed E-state index contributed by atoms with van der Waals surface area (Å²) in [6, 6.07) is 52.4. The van der Waals surface area contributed by atoms with Crippen molar-refractivity contribution in [3.8, 4) is 23.1 Å². The highest BCUT2D eigenvalue weighted by molar-refractivity contribution is 9.11. The molecule has 0 bridgehead atoms. The summed E-state index contributed by atoms with van der Waals surface area (Å²) in [6.07, 6.45) is 2.91. The SMILES string of the molecule is COC(OC)N(C)C.C[Si](C)(C)C=C=O.Cc1ccc(-n2c(-c3ccccc3Br)nccc2=O)cc1F.Cc1ccc(N)cc1F.Cc1ccc(N=C(N)c2ccccc2Br)cc1F.Cc1ccc(N=C(N=CN(C)C)c2ccccc2Br)cc1F.N#Cc1ccccc1Br.[Cl][Al]([Cl])[Cl]. The van der Waals surface area contributed by atoms with Crippen LogP contribution in [0.3, 0.4) is 0 Å². The lowest BCUT2D eigenvalue weighted by molar-refractivity contribution is -0.179. The third-order valence-corrected chi connectivity index (χ3v) is 16.1. The molecule has 0 spiro atoms. The summed E-state index contributed by atoms with van der Waals surface area (Å²) in [5.41, 5.74) is 20.0. The average molecular weight is 1700 g/mol. The molecule has 9 rings (SSSR count). The van der Waals surface area contributed by atoms with Gasteiger partial charge in [-0.25, -0.2) is 72.5 Å². The number of nitrogens with zero attached hydrogens (tertiary/aromatic N) is 8. The third-order valence-electron chi connectivity index (χ3n) is 12.4. The molecule has 0 atom stereocenters. The Balaban J connectivity index is 0.000000406. The van der Waals surface area contributed by atoms with Crippen LogP contribution >= 0.6 is 93.9 Å². The summed E-state index contributed by atoms with van der Waals surface area (Å²) < 4.78 is 68.0. The lowest BCUT2D eigenvalue weighted by atomic mass is 10.1. The second kappa shape index (κ2) is 46.5. The predicted octanol–water partition coefficient (Wildman–Crippen LogP) is 19.7. The molecule has 0 aliphatic rings. The molecular formula is C72H76AlBr4Cl3F4N10O4Si. The van der Waals surface area contributed by atoms with Gasteiger partial charge in [-0.15, -0.1) is 0 Å². The highest BCUT2D eigenvalue weighted by atomic mass is 79.9. The largest absolute Gasteiger partial charge is 0.643 e. The van der Waals surface area contributed by atoms with Crippen LogP contribution in [0.1, 0.15) is 38.9 Å². The number of ether oxygens (including phenoxy) is 2. The topological polar surface area (TPSA) is 190 Å². The molecule has 4 N–H and O–H groups in total. The van der Waals surface area contributed by atoms with Gasteiger partial charge in [0.05, 0.1) is 37.0 Å². The van der Waals surface area contributed by atoms with E-state index in [1.54, 1.807) is 114 Å². The molecule has 0 radical (unpaired) electrons. The van der Waals surface area contributed by atoms with Gasteiger partial charge >= 0.3 is 11.4 Å². The fraction of sp³-hybridized carbons (Fsp3) is 0.194. The van der Waals surface area contributed by atoms with Crippen molar-refractivity contribution in [2.45, 2.75) is 53.7 Å². The van der Waals surface area contributed by atoms with Gasteiger partial charge in [0.1, 0.15) is 46.9 Å².